The van der Waals surface area contributed by atoms with Crippen molar-refractivity contribution in [3.8, 4) is 5.75 Å². The summed E-state index contributed by atoms with van der Waals surface area (Å²) in [5.41, 5.74) is 0.403. The molecule has 0 unspecified atom stereocenters. The summed E-state index contributed by atoms with van der Waals surface area (Å²) in [7, 11) is 0. The fraction of sp³-hybridized carbons (Fsp3) is 0.0909. The number of benzene rings is 1. The van der Waals surface area contributed by atoms with Crippen LogP contribution < -0.4 is 4.74 Å². The molecule has 0 saturated heterocycles. The first kappa shape index (κ1) is 11.7. The number of ether oxygens (including phenoxy) is 1. The van der Waals surface area contributed by atoms with Gasteiger partial charge in [0, 0.05) is 4.47 Å². The topological polar surface area (TPSA) is 72.6 Å². The molecule has 1 aromatic carbocycles. The number of carboxylic acids is 1. The van der Waals surface area contributed by atoms with E-state index in [9.17, 15) is 4.79 Å². The Hall–Kier alpha value is -1.82. The minimum atomic E-state index is -1.16. The lowest BCUT2D eigenvalue weighted by molar-refractivity contribution is 0.0648. The summed E-state index contributed by atoms with van der Waals surface area (Å²) in [6.45, 7) is 0.104. The van der Waals surface area contributed by atoms with E-state index in [1.54, 1.807) is 12.1 Å². The molecular weight excluding hydrogens is 290 g/mol. The van der Waals surface area contributed by atoms with Crippen LogP contribution in [0.5, 0.6) is 5.75 Å². The number of nitrogens with zero attached hydrogens (tertiary/aromatic N) is 1. The number of carbonyl (C=O) groups is 1. The van der Waals surface area contributed by atoms with Gasteiger partial charge in [-0.05, 0) is 24.3 Å². The Morgan fingerprint density at radius 1 is 1.41 bits per heavy atom. The van der Waals surface area contributed by atoms with Crippen LogP contribution in [0.1, 0.15) is 16.1 Å². The molecule has 1 heterocycles. The number of rotatable bonds is 4. The number of hydrogen-bond acceptors (Lipinski definition) is 4. The van der Waals surface area contributed by atoms with Crippen LogP contribution in [-0.4, -0.2) is 16.2 Å². The lowest BCUT2D eigenvalue weighted by atomic mass is 10.3. The van der Waals surface area contributed by atoms with Gasteiger partial charge >= 0.3 is 5.97 Å². The first-order valence-electron chi connectivity index (χ1n) is 4.72. The first-order valence-corrected chi connectivity index (χ1v) is 5.51. The summed E-state index contributed by atoms with van der Waals surface area (Å²) < 4.78 is 11.0. The molecule has 5 nitrogen and oxygen atoms in total. The second kappa shape index (κ2) is 5.01. The third-order valence-corrected chi connectivity index (χ3v) is 2.58. The Balaban J connectivity index is 2.05. The van der Waals surface area contributed by atoms with E-state index in [1.165, 1.54) is 6.20 Å². The summed E-state index contributed by atoms with van der Waals surface area (Å²) >= 11 is 3.31. The number of carboxylic acid groups (broad SMARTS) is 1. The Bertz CT molecular complexity index is 521. The largest absolute Gasteiger partial charge is 0.489 e. The van der Waals surface area contributed by atoms with Crippen molar-refractivity contribution in [1.82, 2.24) is 5.16 Å². The maximum absolute atomic E-state index is 10.7. The van der Waals surface area contributed by atoms with Crippen molar-refractivity contribution in [2.45, 2.75) is 6.61 Å². The van der Waals surface area contributed by atoms with Crippen molar-refractivity contribution < 1.29 is 19.2 Å². The molecule has 2 rings (SSSR count). The second-order valence-corrected chi connectivity index (χ2v) is 4.14. The van der Waals surface area contributed by atoms with Gasteiger partial charge in [-0.15, -0.1) is 0 Å². The minimum absolute atomic E-state index is 0.104. The van der Waals surface area contributed by atoms with Gasteiger partial charge in [-0.3, -0.25) is 0 Å². The van der Waals surface area contributed by atoms with E-state index >= 15 is 0 Å². The van der Waals surface area contributed by atoms with Gasteiger partial charge < -0.3 is 14.4 Å². The molecule has 88 valence electrons. The van der Waals surface area contributed by atoms with Gasteiger partial charge in [0.2, 0.25) is 0 Å². The molecule has 0 aliphatic heterocycles. The van der Waals surface area contributed by atoms with Gasteiger partial charge in [-0.25, -0.2) is 4.79 Å². The molecule has 6 heteroatoms. The van der Waals surface area contributed by atoms with Gasteiger partial charge in [0.05, 0.1) is 11.8 Å². The van der Waals surface area contributed by atoms with E-state index in [2.05, 4.69) is 25.6 Å². The summed E-state index contributed by atoms with van der Waals surface area (Å²) in [4.78, 5) is 10.7. The van der Waals surface area contributed by atoms with E-state index < -0.39 is 5.97 Å². The molecule has 1 N–H and O–H groups in total. The predicted molar refractivity (Wildman–Crippen MR) is 61.9 cm³/mol. The van der Waals surface area contributed by atoms with Crippen molar-refractivity contribution in [2.75, 3.05) is 0 Å². The number of halogens is 1. The highest BCUT2D eigenvalue weighted by molar-refractivity contribution is 9.10. The van der Waals surface area contributed by atoms with E-state index in [0.29, 0.717) is 11.3 Å². The van der Waals surface area contributed by atoms with Crippen LogP contribution in [0.2, 0.25) is 0 Å². The molecule has 0 saturated carbocycles. The van der Waals surface area contributed by atoms with E-state index in [4.69, 9.17) is 9.84 Å². The van der Waals surface area contributed by atoms with Gasteiger partial charge in [-0.1, -0.05) is 21.1 Å². The van der Waals surface area contributed by atoms with Crippen LogP contribution in [0, 0.1) is 0 Å². The lowest BCUT2D eigenvalue weighted by Crippen LogP contribution is -2.02. The molecule has 0 atom stereocenters. The van der Waals surface area contributed by atoms with Crippen LogP contribution in [-0.2, 0) is 6.61 Å². The van der Waals surface area contributed by atoms with Crippen LogP contribution in [0.15, 0.2) is 39.5 Å². The Morgan fingerprint density at radius 2 is 2.12 bits per heavy atom. The van der Waals surface area contributed by atoms with Crippen LogP contribution >= 0.6 is 15.9 Å². The molecule has 0 bridgehead atoms. The Kier molecular flexibility index (Phi) is 3.43. The number of hydrogen-bond donors (Lipinski definition) is 1. The fourth-order valence-corrected chi connectivity index (χ4v) is 1.50. The maximum Gasteiger partial charge on any atom is 0.375 e. The molecule has 0 aliphatic carbocycles. The summed E-state index contributed by atoms with van der Waals surface area (Å²) in [5, 5.41) is 12.2. The second-order valence-electron chi connectivity index (χ2n) is 3.23. The highest BCUT2D eigenvalue weighted by atomic mass is 79.9. The average Bonchev–Trinajstić information content (AvgIpc) is 2.76. The normalized spacial score (nSPS) is 10.2. The van der Waals surface area contributed by atoms with Gasteiger partial charge in [-0.2, -0.15) is 0 Å². The van der Waals surface area contributed by atoms with Gasteiger partial charge in [0.15, 0.2) is 0 Å². The SMILES string of the molecule is O=C(O)c1oncc1COc1ccc(Br)cc1. The highest BCUT2D eigenvalue weighted by Gasteiger charge is 2.15. The zero-order valence-corrected chi connectivity index (χ0v) is 10.2. The lowest BCUT2D eigenvalue weighted by Gasteiger charge is -2.04. The molecule has 17 heavy (non-hydrogen) atoms. The molecular formula is C11H8BrNO4. The molecule has 1 aromatic heterocycles. The third-order valence-electron chi connectivity index (χ3n) is 2.05. The highest BCUT2D eigenvalue weighted by Crippen LogP contribution is 2.18. The monoisotopic (exact) mass is 297 g/mol. The zero-order valence-electron chi connectivity index (χ0n) is 8.59. The predicted octanol–water partition coefficient (Wildman–Crippen LogP) is 2.71. The molecule has 0 aliphatic rings. The van der Waals surface area contributed by atoms with Crippen LogP contribution in [0.3, 0.4) is 0 Å². The molecule has 0 fully saturated rings. The van der Waals surface area contributed by atoms with Crippen molar-refractivity contribution in [1.29, 1.82) is 0 Å². The molecule has 0 amide bonds. The Labute approximate surface area is 105 Å². The Morgan fingerprint density at radius 3 is 2.76 bits per heavy atom. The van der Waals surface area contributed by atoms with Gasteiger partial charge in [0.1, 0.15) is 12.4 Å². The summed E-state index contributed by atoms with van der Waals surface area (Å²) in [6.07, 6.45) is 1.34. The minimum Gasteiger partial charge on any atom is -0.489 e. The molecule has 2 aromatic rings. The number of aromatic carboxylic acids is 1. The van der Waals surface area contributed by atoms with Crippen LogP contribution in [0.4, 0.5) is 0 Å². The van der Waals surface area contributed by atoms with Gasteiger partial charge in [0.25, 0.3) is 5.76 Å². The maximum atomic E-state index is 10.7. The summed E-state index contributed by atoms with van der Waals surface area (Å²) in [5.74, 6) is -0.704. The fourth-order valence-electron chi connectivity index (χ4n) is 1.23. The zero-order chi connectivity index (χ0) is 12.3. The van der Waals surface area contributed by atoms with E-state index in [1.807, 2.05) is 12.1 Å². The molecule has 0 radical (unpaired) electrons. The van der Waals surface area contributed by atoms with Crippen molar-refractivity contribution in [3.05, 3.63) is 46.3 Å². The average molecular weight is 298 g/mol. The van der Waals surface area contributed by atoms with Crippen molar-refractivity contribution in [2.24, 2.45) is 0 Å². The van der Waals surface area contributed by atoms with Crippen molar-refractivity contribution >= 4 is 21.9 Å². The van der Waals surface area contributed by atoms with Crippen LogP contribution in [0.25, 0.3) is 0 Å². The van der Waals surface area contributed by atoms with E-state index in [-0.39, 0.29) is 12.4 Å². The standard InChI is InChI=1S/C11H8BrNO4/c12-8-1-3-9(4-2-8)16-6-7-5-13-17-10(7)11(14)15/h1-5H,6H2,(H,14,15). The first-order chi connectivity index (χ1) is 8.16. The van der Waals surface area contributed by atoms with Crippen molar-refractivity contribution in [3.63, 3.8) is 0 Å². The number of aromatic nitrogens is 1. The van der Waals surface area contributed by atoms with E-state index in [0.717, 1.165) is 4.47 Å². The quantitative estimate of drug-likeness (QED) is 0.939. The third kappa shape index (κ3) is 2.85. The molecule has 0 spiro atoms. The smallest absolute Gasteiger partial charge is 0.375 e. The summed E-state index contributed by atoms with van der Waals surface area (Å²) in [6, 6.07) is 7.22.